The summed E-state index contributed by atoms with van der Waals surface area (Å²) in [6, 6.07) is 0. The summed E-state index contributed by atoms with van der Waals surface area (Å²) in [4.78, 5) is 16.4. The largest absolute Gasteiger partial charge is 0.361 e. The van der Waals surface area contributed by atoms with Crippen LogP contribution in [0.5, 0.6) is 0 Å². The molecule has 5 heteroatoms. The number of rotatable bonds is 2. The van der Waals surface area contributed by atoms with Crippen LogP contribution >= 0.6 is 12.4 Å². The monoisotopic (exact) mass is 257 g/mol. The van der Waals surface area contributed by atoms with E-state index >= 15 is 0 Å². The van der Waals surface area contributed by atoms with Crippen LogP contribution in [0.1, 0.15) is 12.8 Å². The first-order valence-electron chi connectivity index (χ1n) is 5.36. The Morgan fingerprint density at radius 1 is 1.29 bits per heavy atom. The topological polar surface area (TPSA) is 26.8 Å². The van der Waals surface area contributed by atoms with Crippen LogP contribution in [-0.4, -0.2) is 40.9 Å². The van der Waals surface area contributed by atoms with E-state index in [4.69, 9.17) is 0 Å². The maximum Gasteiger partial charge on any atom is 0.226 e. The third kappa shape index (κ3) is 4.95. The quantitative estimate of drug-likeness (QED) is 0.757. The minimum Gasteiger partial charge on any atom is -0.361 e. The minimum atomic E-state index is 0. The van der Waals surface area contributed by atoms with Crippen LogP contribution in [0.4, 0.5) is 0 Å². The van der Waals surface area contributed by atoms with Crippen molar-refractivity contribution in [3.05, 3.63) is 38.0 Å². The average Bonchev–Trinajstić information content (AvgIpc) is 2.87. The Balaban J connectivity index is 0.000000284. The SMILES string of the molecule is C=CN1C=CN(C)C1.C=CN1CCCC1=O.Cl. The number of hydrogen-bond acceptors (Lipinski definition) is 3. The molecule has 0 bridgehead atoms. The predicted octanol–water partition coefficient (Wildman–Crippen LogP) is 1.98. The summed E-state index contributed by atoms with van der Waals surface area (Å²) < 4.78 is 0. The van der Waals surface area contributed by atoms with Gasteiger partial charge in [0.15, 0.2) is 0 Å². The number of likely N-dealkylation sites (tertiary alicyclic amines) is 1. The van der Waals surface area contributed by atoms with Crippen molar-refractivity contribution in [2.45, 2.75) is 12.8 Å². The average molecular weight is 258 g/mol. The molecule has 96 valence electrons. The molecule has 0 N–H and O–H groups in total. The Kier molecular flexibility index (Phi) is 7.14. The molecule has 0 aromatic carbocycles. The van der Waals surface area contributed by atoms with Gasteiger partial charge in [-0.3, -0.25) is 4.79 Å². The first kappa shape index (κ1) is 15.6. The van der Waals surface area contributed by atoms with Gasteiger partial charge in [0.05, 0.1) is 6.67 Å². The second kappa shape index (κ2) is 7.79. The number of carbonyl (C=O) groups is 1. The Bertz CT molecular complexity index is 304. The standard InChI is InChI=1S/C6H10N2.C6H9NO.ClH/c1-3-8-5-4-7(2)6-8;1-2-7-5-3-4-6(7)8;/h3-5H,1,6H2,2H3;2H,1,3-5H2;1H. The molecule has 17 heavy (non-hydrogen) atoms. The summed E-state index contributed by atoms with van der Waals surface area (Å²) in [7, 11) is 2.03. The van der Waals surface area contributed by atoms with Gasteiger partial charge in [0.2, 0.25) is 5.91 Å². The second-order valence-electron chi connectivity index (χ2n) is 3.77. The summed E-state index contributed by atoms with van der Waals surface area (Å²) in [6.45, 7) is 8.92. The number of amides is 1. The molecular formula is C12H20ClN3O. The summed E-state index contributed by atoms with van der Waals surface area (Å²) in [6.07, 6.45) is 9.10. The zero-order chi connectivity index (χ0) is 12.0. The molecule has 1 saturated heterocycles. The van der Waals surface area contributed by atoms with Crippen molar-refractivity contribution in [1.29, 1.82) is 0 Å². The highest BCUT2D eigenvalue weighted by Crippen LogP contribution is 2.08. The maximum atomic E-state index is 10.7. The van der Waals surface area contributed by atoms with Crippen molar-refractivity contribution in [1.82, 2.24) is 14.7 Å². The van der Waals surface area contributed by atoms with Crippen molar-refractivity contribution in [2.75, 3.05) is 20.3 Å². The van der Waals surface area contributed by atoms with E-state index < -0.39 is 0 Å². The summed E-state index contributed by atoms with van der Waals surface area (Å²) in [5, 5.41) is 0. The van der Waals surface area contributed by atoms with Gasteiger partial charge in [0.1, 0.15) is 0 Å². The summed E-state index contributed by atoms with van der Waals surface area (Å²) in [5.74, 6) is 0.208. The van der Waals surface area contributed by atoms with Crippen LogP contribution in [0, 0.1) is 0 Å². The van der Waals surface area contributed by atoms with E-state index in [1.165, 1.54) is 0 Å². The molecule has 0 radical (unpaired) electrons. The van der Waals surface area contributed by atoms with Crippen molar-refractivity contribution in [3.8, 4) is 0 Å². The Morgan fingerprint density at radius 2 is 2.00 bits per heavy atom. The molecule has 0 spiro atoms. The van der Waals surface area contributed by atoms with Crippen molar-refractivity contribution < 1.29 is 4.79 Å². The highest BCUT2D eigenvalue weighted by atomic mass is 35.5. The fourth-order valence-corrected chi connectivity index (χ4v) is 1.53. The van der Waals surface area contributed by atoms with E-state index in [0.717, 1.165) is 19.6 Å². The molecule has 2 heterocycles. The molecule has 0 aromatic heterocycles. The molecule has 0 saturated carbocycles. The van der Waals surface area contributed by atoms with Gasteiger partial charge >= 0.3 is 0 Å². The molecule has 2 aliphatic heterocycles. The number of nitrogens with zero attached hydrogens (tertiary/aromatic N) is 3. The van der Waals surface area contributed by atoms with Gasteiger partial charge in [-0.1, -0.05) is 13.2 Å². The van der Waals surface area contributed by atoms with E-state index in [1.54, 1.807) is 17.3 Å². The molecule has 0 aromatic rings. The highest BCUT2D eigenvalue weighted by Gasteiger charge is 2.15. The fraction of sp³-hybridized carbons (Fsp3) is 0.417. The van der Waals surface area contributed by atoms with E-state index in [2.05, 4.69) is 18.1 Å². The minimum absolute atomic E-state index is 0. The van der Waals surface area contributed by atoms with Gasteiger partial charge in [0.25, 0.3) is 0 Å². The Hall–Kier alpha value is -1.42. The van der Waals surface area contributed by atoms with Crippen LogP contribution in [0.25, 0.3) is 0 Å². The lowest BCUT2D eigenvalue weighted by molar-refractivity contribution is -0.125. The molecule has 0 atom stereocenters. The molecule has 2 rings (SSSR count). The number of carbonyl (C=O) groups excluding carboxylic acids is 1. The fourth-order valence-electron chi connectivity index (χ4n) is 1.53. The van der Waals surface area contributed by atoms with Gasteiger partial charge in [-0.2, -0.15) is 0 Å². The second-order valence-corrected chi connectivity index (χ2v) is 3.77. The first-order chi connectivity index (χ1) is 7.67. The molecular weight excluding hydrogens is 238 g/mol. The predicted molar refractivity (Wildman–Crippen MR) is 72.2 cm³/mol. The number of hydrogen-bond donors (Lipinski definition) is 0. The molecule has 4 nitrogen and oxygen atoms in total. The molecule has 0 aliphatic carbocycles. The van der Waals surface area contributed by atoms with Gasteiger partial charge in [0, 0.05) is 32.4 Å². The smallest absolute Gasteiger partial charge is 0.226 e. The summed E-state index contributed by atoms with van der Waals surface area (Å²) >= 11 is 0. The molecule has 0 unspecified atom stereocenters. The van der Waals surface area contributed by atoms with Crippen molar-refractivity contribution >= 4 is 18.3 Å². The van der Waals surface area contributed by atoms with E-state index in [-0.39, 0.29) is 18.3 Å². The van der Waals surface area contributed by atoms with Gasteiger partial charge < -0.3 is 14.7 Å². The molecule has 1 amide bonds. The van der Waals surface area contributed by atoms with E-state index in [0.29, 0.717) is 6.42 Å². The lowest BCUT2D eigenvalue weighted by Gasteiger charge is -2.11. The van der Waals surface area contributed by atoms with Gasteiger partial charge in [-0.05, 0) is 18.8 Å². The van der Waals surface area contributed by atoms with Gasteiger partial charge in [-0.15, -0.1) is 12.4 Å². The first-order valence-corrected chi connectivity index (χ1v) is 5.36. The zero-order valence-corrected chi connectivity index (χ0v) is 11.0. The van der Waals surface area contributed by atoms with Crippen LogP contribution in [0.15, 0.2) is 38.0 Å². The van der Waals surface area contributed by atoms with Gasteiger partial charge in [-0.25, -0.2) is 0 Å². The molecule has 1 fully saturated rings. The van der Waals surface area contributed by atoms with E-state index in [9.17, 15) is 4.79 Å². The van der Waals surface area contributed by atoms with E-state index in [1.807, 2.05) is 24.3 Å². The van der Waals surface area contributed by atoms with Crippen LogP contribution in [-0.2, 0) is 4.79 Å². The maximum absolute atomic E-state index is 10.7. The number of halogens is 1. The zero-order valence-electron chi connectivity index (χ0n) is 10.2. The van der Waals surface area contributed by atoms with Crippen molar-refractivity contribution in [2.24, 2.45) is 0 Å². The van der Waals surface area contributed by atoms with Crippen LogP contribution in [0.3, 0.4) is 0 Å². The highest BCUT2D eigenvalue weighted by molar-refractivity contribution is 5.85. The third-order valence-corrected chi connectivity index (χ3v) is 2.46. The lowest BCUT2D eigenvalue weighted by Crippen LogP contribution is -2.16. The molecule has 2 aliphatic rings. The normalized spacial score (nSPS) is 17.5. The lowest BCUT2D eigenvalue weighted by atomic mass is 10.4. The van der Waals surface area contributed by atoms with Crippen LogP contribution < -0.4 is 0 Å². The summed E-state index contributed by atoms with van der Waals surface area (Å²) in [5.41, 5.74) is 0. The van der Waals surface area contributed by atoms with Crippen molar-refractivity contribution in [3.63, 3.8) is 0 Å². The Labute approximate surface area is 109 Å². The Morgan fingerprint density at radius 3 is 2.24 bits per heavy atom. The van der Waals surface area contributed by atoms with Crippen LogP contribution in [0.2, 0.25) is 0 Å². The third-order valence-electron chi connectivity index (χ3n) is 2.46.